The third-order valence-electron chi connectivity index (χ3n) is 1.02. The molecule has 0 aromatic carbocycles. The van der Waals surface area contributed by atoms with E-state index in [-0.39, 0.29) is 23.1 Å². The van der Waals surface area contributed by atoms with Gasteiger partial charge in [0.2, 0.25) is 0 Å². The minimum atomic E-state index is -0.833. The summed E-state index contributed by atoms with van der Waals surface area (Å²) in [5, 5.41) is 23.5. The lowest BCUT2D eigenvalue weighted by Crippen LogP contribution is -1.78. The maximum Gasteiger partial charge on any atom is 0.316 e. The number of carboxylic acids is 1. The van der Waals surface area contributed by atoms with Gasteiger partial charge in [-0.15, -0.1) is 0 Å². The molecule has 0 spiro atoms. The standard InChI is InChI=1S/2C4H10O.C2H4O2.Mg.2H/c2*1-2-3-4-5;1-2(3)4;;;/h2*5H,2-4H2,1H3;1H3,(H,3,4);;;. The number of hydrogen-bond donors (Lipinski definition) is 3. The van der Waals surface area contributed by atoms with E-state index in [0.29, 0.717) is 13.2 Å². The van der Waals surface area contributed by atoms with Crippen molar-refractivity contribution in [3.8, 4) is 0 Å². The van der Waals surface area contributed by atoms with Gasteiger partial charge in [-0.05, 0) is 12.8 Å². The molecule has 0 rings (SSSR count). The Hall–Kier alpha value is 0.156. The first-order chi connectivity index (χ1) is 6.56. The summed E-state index contributed by atoms with van der Waals surface area (Å²) in [6.07, 6.45) is 4.08. The quantitative estimate of drug-likeness (QED) is 0.627. The van der Waals surface area contributed by atoms with Crippen molar-refractivity contribution in [2.45, 2.75) is 46.5 Å². The molecule has 0 aliphatic heterocycles. The monoisotopic (exact) mass is 234 g/mol. The molecule has 92 valence electrons. The molecule has 0 atom stereocenters. The van der Waals surface area contributed by atoms with Crippen molar-refractivity contribution in [3.63, 3.8) is 0 Å². The molecule has 0 aromatic heterocycles. The Kier molecular flexibility index (Phi) is 47.5. The zero-order valence-corrected chi connectivity index (χ0v) is 9.49. The SMILES string of the molecule is CC(=O)O.CCCCO.CCCCO.[MgH2]. The van der Waals surface area contributed by atoms with Crippen LogP contribution in [0.1, 0.15) is 46.5 Å². The number of hydrogen-bond acceptors (Lipinski definition) is 3. The normalized spacial score (nSPS) is 7.27. The van der Waals surface area contributed by atoms with Crippen molar-refractivity contribution in [1.29, 1.82) is 0 Å². The van der Waals surface area contributed by atoms with E-state index < -0.39 is 5.97 Å². The highest BCUT2D eigenvalue weighted by atomic mass is 24.3. The van der Waals surface area contributed by atoms with E-state index in [1.54, 1.807) is 0 Å². The van der Waals surface area contributed by atoms with Gasteiger partial charge < -0.3 is 15.3 Å². The predicted molar refractivity (Wildman–Crippen MR) is 65.8 cm³/mol. The summed E-state index contributed by atoms with van der Waals surface area (Å²) in [4.78, 5) is 9.00. The number of aliphatic carboxylic acids is 1. The van der Waals surface area contributed by atoms with Crippen molar-refractivity contribution in [1.82, 2.24) is 0 Å². The van der Waals surface area contributed by atoms with Crippen molar-refractivity contribution in [2.24, 2.45) is 0 Å². The molecule has 0 heterocycles. The van der Waals surface area contributed by atoms with E-state index in [4.69, 9.17) is 20.1 Å². The molecule has 0 amide bonds. The van der Waals surface area contributed by atoms with Gasteiger partial charge in [-0.2, -0.15) is 0 Å². The van der Waals surface area contributed by atoms with Crippen molar-refractivity contribution in [2.75, 3.05) is 13.2 Å². The highest BCUT2D eigenvalue weighted by molar-refractivity contribution is 5.75. The predicted octanol–water partition coefficient (Wildman–Crippen LogP) is 0.732. The Morgan fingerprint density at radius 2 is 1.20 bits per heavy atom. The van der Waals surface area contributed by atoms with E-state index in [1.165, 1.54) is 0 Å². The zero-order valence-electron chi connectivity index (χ0n) is 9.49. The molecule has 0 saturated heterocycles. The Labute approximate surface area is 109 Å². The van der Waals surface area contributed by atoms with Crippen LogP contribution >= 0.6 is 0 Å². The lowest BCUT2D eigenvalue weighted by Gasteiger charge is -1.79. The van der Waals surface area contributed by atoms with Crippen LogP contribution in [0.5, 0.6) is 0 Å². The highest BCUT2D eigenvalue weighted by Crippen LogP contribution is 1.79. The zero-order chi connectivity index (χ0) is 11.8. The summed E-state index contributed by atoms with van der Waals surface area (Å²) in [6.45, 7) is 5.87. The van der Waals surface area contributed by atoms with Gasteiger partial charge in [0.05, 0.1) is 0 Å². The molecule has 0 aliphatic rings. The fourth-order valence-electron chi connectivity index (χ4n) is 0.316. The number of aliphatic hydroxyl groups is 2. The largest absolute Gasteiger partial charge is 0.481 e. The second-order valence-electron chi connectivity index (χ2n) is 2.67. The number of unbranched alkanes of at least 4 members (excludes halogenated alkanes) is 2. The minimum Gasteiger partial charge on any atom is -0.481 e. The van der Waals surface area contributed by atoms with Gasteiger partial charge in [0.15, 0.2) is 0 Å². The summed E-state index contributed by atoms with van der Waals surface area (Å²) in [6, 6.07) is 0. The topological polar surface area (TPSA) is 77.8 Å². The second kappa shape index (κ2) is 29.2. The van der Waals surface area contributed by atoms with E-state index in [9.17, 15) is 0 Å². The van der Waals surface area contributed by atoms with Gasteiger partial charge in [0.1, 0.15) is 0 Å². The summed E-state index contributed by atoms with van der Waals surface area (Å²) in [5.41, 5.74) is 0. The average molecular weight is 235 g/mol. The molecule has 4 nitrogen and oxygen atoms in total. The fourth-order valence-corrected chi connectivity index (χ4v) is 0.316. The van der Waals surface area contributed by atoms with Crippen LogP contribution in [0.4, 0.5) is 0 Å². The molecular formula is C10H26MgO4. The maximum atomic E-state index is 9.00. The van der Waals surface area contributed by atoms with Crippen molar-refractivity contribution < 1.29 is 20.1 Å². The molecule has 0 aromatic rings. The van der Waals surface area contributed by atoms with E-state index in [1.807, 2.05) is 0 Å². The first-order valence-electron chi connectivity index (χ1n) is 4.97. The van der Waals surface area contributed by atoms with Gasteiger partial charge in [0.25, 0.3) is 5.97 Å². The van der Waals surface area contributed by atoms with Crippen LogP contribution in [0, 0.1) is 0 Å². The first-order valence-corrected chi connectivity index (χ1v) is 4.97. The second-order valence-corrected chi connectivity index (χ2v) is 2.67. The van der Waals surface area contributed by atoms with Crippen molar-refractivity contribution in [3.05, 3.63) is 0 Å². The average Bonchev–Trinajstić information content (AvgIpc) is 2.07. The molecule has 3 N–H and O–H groups in total. The first kappa shape index (κ1) is 24.4. The Balaban J connectivity index is -0.0000000590. The molecular weight excluding hydrogens is 208 g/mol. The number of carboxylic acid groups (broad SMARTS) is 1. The van der Waals surface area contributed by atoms with Crippen molar-refractivity contribution >= 4 is 29.0 Å². The number of carbonyl (C=O) groups is 1. The minimum absolute atomic E-state index is 0. The smallest absolute Gasteiger partial charge is 0.316 e. The van der Waals surface area contributed by atoms with Gasteiger partial charge in [-0.1, -0.05) is 26.7 Å². The lowest BCUT2D eigenvalue weighted by atomic mass is 10.4. The summed E-state index contributed by atoms with van der Waals surface area (Å²) >= 11 is 0. The Morgan fingerprint density at radius 1 is 1.00 bits per heavy atom. The van der Waals surface area contributed by atoms with Crippen LogP contribution in [0.2, 0.25) is 0 Å². The van der Waals surface area contributed by atoms with Gasteiger partial charge in [-0.3, -0.25) is 4.79 Å². The Bertz CT molecular complexity index is 85.4. The summed E-state index contributed by atoms with van der Waals surface area (Å²) in [7, 11) is 0. The maximum absolute atomic E-state index is 9.00. The molecule has 0 unspecified atom stereocenters. The van der Waals surface area contributed by atoms with E-state index in [0.717, 1.165) is 32.6 Å². The Morgan fingerprint density at radius 3 is 1.20 bits per heavy atom. The molecule has 0 saturated carbocycles. The van der Waals surface area contributed by atoms with E-state index >= 15 is 0 Å². The van der Waals surface area contributed by atoms with Gasteiger partial charge in [0, 0.05) is 20.1 Å². The van der Waals surface area contributed by atoms with Crippen LogP contribution < -0.4 is 0 Å². The molecule has 0 fully saturated rings. The van der Waals surface area contributed by atoms with Crippen LogP contribution in [0.3, 0.4) is 0 Å². The number of aliphatic hydroxyl groups excluding tert-OH is 2. The molecule has 0 radical (unpaired) electrons. The molecule has 0 aliphatic carbocycles. The lowest BCUT2D eigenvalue weighted by molar-refractivity contribution is -0.134. The van der Waals surface area contributed by atoms with Crippen LogP contribution in [-0.2, 0) is 4.79 Å². The highest BCUT2D eigenvalue weighted by Gasteiger charge is 1.69. The molecule has 0 bridgehead atoms. The fraction of sp³-hybridized carbons (Fsp3) is 0.900. The molecule has 5 heteroatoms. The summed E-state index contributed by atoms with van der Waals surface area (Å²) in [5.74, 6) is -0.833. The third kappa shape index (κ3) is 121. The summed E-state index contributed by atoms with van der Waals surface area (Å²) < 4.78 is 0. The van der Waals surface area contributed by atoms with Gasteiger partial charge in [-0.25, -0.2) is 0 Å². The van der Waals surface area contributed by atoms with Crippen LogP contribution in [0.15, 0.2) is 0 Å². The number of rotatable bonds is 4. The van der Waals surface area contributed by atoms with Crippen LogP contribution in [0.25, 0.3) is 0 Å². The van der Waals surface area contributed by atoms with E-state index in [2.05, 4.69) is 13.8 Å². The van der Waals surface area contributed by atoms with Gasteiger partial charge >= 0.3 is 23.1 Å². The molecule has 15 heavy (non-hydrogen) atoms. The van der Waals surface area contributed by atoms with Crippen LogP contribution in [-0.4, -0.2) is 57.6 Å². The third-order valence-corrected chi connectivity index (χ3v) is 1.02.